The first-order valence-corrected chi connectivity index (χ1v) is 11.5. The monoisotopic (exact) mass is 459 g/mol. The molecule has 5 rings (SSSR count). The highest BCUT2D eigenvalue weighted by molar-refractivity contribution is 7.89. The van der Waals surface area contributed by atoms with E-state index in [1.807, 2.05) is 13.0 Å². The summed E-state index contributed by atoms with van der Waals surface area (Å²) in [6.45, 7) is 3.29. The van der Waals surface area contributed by atoms with Crippen molar-refractivity contribution in [3.63, 3.8) is 0 Å². The van der Waals surface area contributed by atoms with Gasteiger partial charge in [-0.1, -0.05) is 28.9 Å². The Balaban J connectivity index is 1.52. The van der Waals surface area contributed by atoms with Crippen molar-refractivity contribution < 1.29 is 22.1 Å². The number of nitrogens with zero attached hydrogens (tertiary/aromatic N) is 3. The van der Waals surface area contributed by atoms with Crippen LogP contribution in [-0.2, 0) is 14.8 Å². The van der Waals surface area contributed by atoms with Crippen molar-refractivity contribution in [3.8, 4) is 23.0 Å². The van der Waals surface area contributed by atoms with Crippen LogP contribution in [0, 0.1) is 6.92 Å². The van der Waals surface area contributed by atoms with Crippen LogP contribution in [0.2, 0.25) is 5.02 Å². The lowest BCUT2D eigenvalue weighted by Crippen LogP contribution is -2.40. The van der Waals surface area contributed by atoms with E-state index in [0.29, 0.717) is 53.9 Å². The molecule has 2 aromatic heterocycles. The van der Waals surface area contributed by atoms with Gasteiger partial charge in [0.25, 0.3) is 5.89 Å². The zero-order valence-electron chi connectivity index (χ0n) is 16.5. The van der Waals surface area contributed by atoms with E-state index in [4.69, 9.17) is 25.3 Å². The maximum Gasteiger partial charge on any atom is 0.294 e. The molecule has 4 aromatic rings. The highest BCUT2D eigenvalue weighted by atomic mass is 35.5. The number of furan rings is 1. The number of hydrogen-bond acceptors (Lipinski definition) is 7. The summed E-state index contributed by atoms with van der Waals surface area (Å²) in [6.07, 6.45) is 0. The summed E-state index contributed by atoms with van der Waals surface area (Å²) in [5.74, 6) is 0.992. The zero-order valence-corrected chi connectivity index (χ0v) is 18.1. The number of ether oxygens (including phenoxy) is 1. The minimum atomic E-state index is -3.61. The molecule has 0 atom stereocenters. The smallest absolute Gasteiger partial charge is 0.294 e. The Labute approximate surface area is 183 Å². The summed E-state index contributed by atoms with van der Waals surface area (Å²) >= 11 is 6.04. The lowest BCUT2D eigenvalue weighted by atomic mass is 10.1. The fraction of sp³-hybridized carbons (Fsp3) is 0.238. The van der Waals surface area contributed by atoms with Gasteiger partial charge in [-0.15, -0.1) is 0 Å². The first-order chi connectivity index (χ1) is 14.9. The quantitative estimate of drug-likeness (QED) is 0.452. The number of benzene rings is 2. The lowest BCUT2D eigenvalue weighted by molar-refractivity contribution is 0.0730. The van der Waals surface area contributed by atoms with Gasteiger partial charge < -0.3 is 13.7 Å². The predicted octanol–water partition coefficient (Wildman–Crippen LogP) is 4.13. The van der Waals surface area contributed by atoms with Gasteiger partial charge in [-0.3, -0.25) is 0 Å². The zero-order chi connectivity index (χ0) is 21.6. The van der Waals surface area contributed by atoms with Crippen molar-refractivity contribution in [2.45, 2.75) is 11.8 Å². The average Bonchev–Trinajstić information content (AvgIpc) is 3.39. The summed E-state index contributed by atoms with van der Waals surface area (Å²) in [6, 6.07) is 11.9. The molecule has 0 aliphatic carbocycles. The average molecular weight is 460 g/mol. The SMILES string of the molecule is Cc1c(-c2nc(-c3cccc(Cl)c3)no2)oc2ccc(S(=O)(=O)N3CCOCC3)cc12. The number of sulfonamides is 1. The van der Waals surface area contributed by atoms with Gasteiger partial charge >= 0.3 is 0 Å². The molecule has 1 aliphatic rings. The molecule has 10 heteroatoms. The fourth-order valence-corrected chi connectivity index (χ4v) is 5.19. The van der Waals surface area contributed by atoms with E-state index in [1.165, 1.54) is 4.31 Å². The van der Waals surface area contributed by atoms with Gasteiger partial charge in [0.1, 0.15) is 5.58 Å². The summed E-state index contributed by atoms with van der Waals surface area (Å²) in [7, 11) is -3.61. The van der Waals surface area contributed by atoms with Gasteiger partial charge in [0, 0.05) is 34.6 Å². The van der Waals surface area contributed by atoms with Crippen molar-refractivity contribution in [2.75, 3.05) is 26.3 Å². The van der Waals surface area contributed by atoms with E-state index >= 15 is 0 Å². The van der Waals surface area contributed by atoms with E-state index in [0.717, 1.165) is 11.1 Å². The van der Waals surface area contributed by atoms with E-state index in [-0.39, 0.29) is 10.8 Å². The van der Waals surface area contributed by atoms with Crippen LogP contribution in [0.1, 0.15) is 5.56 Å². The van der Waals surface area contributed by atoms with Crippen LogP contribution in [0.25, 0.3) is 34.0 Å². The van der Waals surface area contributed by atoms with E-state index in [2.05, 4.69) is 10.1 Å². The second-order valence-electron chi connectivity index (χ2n) is 7.16. The van der Waals surface area contributed by atoms with Crippen LogP contribution in [0.4, 0.5) is 0 Å². The Morgan fingerprint density at radius 2 is 1.90 bits per heavy atom. The molecule has 31 heavy (non-hydrogen) atoms. The fourth-order valence-electron chi connectivity index (χ4n) is 3.56. The van der Waals surface area contributed by atoms with Crippen LogP contribution in [0.15, 0.2) is 56.3 Å². The molecule has 1 saturated heterocycles. The van der Waals surface area contributed by atoms with Crippen LogP contribution in [-0.4, -0.2) is 49.2 Å². The highest BCUT2D eigenvalue weighted by Crippen LogP contribution is 2.35. The minimum absolute atomic E-state index is 0.210. The maximum absolute atomic E-state index is 13.0. The third-order valence-electron chi connectivity index (χ3n) is 5.22. The number of halogens is 1. The largest absolute Gasteiger partial charge is 0.451 e. The molecule has 0 unspecified atom stereocenters. The molecule has 0 bridgehead atoms. The number of aryl methyl sites for hydroxylation is 1. The summed E-state index contributed by atoms with van der Waals surface area (Å²) in [4.78, 5) is 4.63. The molecule has 0 saturated carbocycles. The van der Waals surface area contributed by atoms with Gasteiger partial charge in [-0.25, -0.2) is 8.42 Å². The lowest BCUT2D eigenvalue weighted by Gasteiger charge is -2.26. The Hall–Kier alpha value is -2.72. The molecular weight excluding hydrogens is 442 g/mol. The number of rotatable bonds is 4. The van der Waals surface area contributed by atoms with Crippen molar-refractivity contribution in [2.24, 2.45) is 0 Å². The Kier molecular flexibility index (Phi) is 5.05. The van der Waals surface area contributed by atoms with Crippen molar-refractivity contribution in [3.05, 3.63) is 53.1 Å². The highest BCUT2D eigenvalue weighted by Gasteiger charge is 2.28. The van der Waals surface area contributed by atoms with Crippen molar-refractivity contribution >= 4 is 32.6 Å². The molecule has 8 nitrogen and oxygen atoms in total. The molecule has 1 fully saturated rings. The molecule has 0 radical (unpaired) electrons. The van der Waals surface area contributed by atoms with E-state index in [9.17, 15) is 8.42 Å². The molecule has 0 spiro atoms. The van der Waals surface area contributed by atoms with Crippen LogP contribution < -0.4 is 0 Å². The molecule has 2 aromatic carbocycles. The minimum Gasteiger partial charge on any atom is -0.451 e. The topological polar surface area (TPSA) is 98.7 Å². The number of fused-ring (bicyclic) bond motifs is 1. The first-order valence-electron chi connectivity index (χ1n) is 9.64. The van der Waals surface area contributed by atoms with E-state index < -0.39 is 10.0 Å². The number of morpholine rings is 1. The Bertz CT molecular complexity index is 1370. The van der Waals surface area contributed by atoms with Gasteiger partial charge in [-0.05, 0) is 37.3 Å². The van der Waals surface area contributed by atoms with Crippen LogP contribution in [0.3, 0.4) is 0 Å². The maximum atomic E-state index is 13.0. The molecule has 160 valence electrons. The normalized spacial score (nSPS) is 15.5. The number of aromatic nitrogens is 2. The summed E-state index contributed by atoms with van der Waals surface area (Å²) < 4.78 is 44.0. The van der Waals surface area contributed by atoms with E-state index in [1.54, 1.807) is 36.4 Å². The van der Waals surface area contributed by atoms with Crippen LogP contribution in [0.5, 0.6) is 0 Å². The second-order valence-corrected chi connectivity index (χ2v) is 9.54. The predicted molar refractivity (Wildman–Crippen MR) is 114 cm³/mol. The Morgan fingerprint density at radius 3 is 2.68 bits per heavy atom. The number of hydrogen-bond donors (Lipinski definition) is 0. The third kappa shape index (κ3) is 3.63. The molecule has 0 amide bonds. The van der Waals surface area contributed by atoms with Crippen molar-refractivity contribution in [1.82, 2.24) is 14.4 Å². The van der Waals surface area contributed by atoms with Gasteiger partial charge in [0.2, 0.25) is 15.8 Å². The second kappa shape index (κ2) is 7.76. The molecular formula is C21H18ClN3O5S. The van der Waals surface area contributed by atoms with Crippen molar-refractivity contribution in [1.29, 1.82) is 0 Å². The van der Waals surface area contributed by atoms with Gasteiger partial charge in [0.05, 0.1) is 18.1 Å². The third-order valence-corrected chi connectivity index (χ3v) is 7.35. The molecule has 0 N–H and O–H groups in total. The first kappa shape index (κ1) is 20.2. The van der Waals surface area contributed by atoms with Gasteiger partial charge in [0.15, 0.2) is 5.76 Å². The summed E-state index contributed by atoms with van der Waals surface area (Å²) in [5, 5.41) is 5.25. The van der Waals surface area contributed by atoms with Gasteiger partial charge in [-0.2, -0.15) is 9.29 Å². The summed E-state index contributed by atoms with van der Waals surface area (Å²) in [5.41, 5.74) is 1.97. The standard InChI is InChI=1S/C21H18ClN3O5S/c1-13-17-12-16(31(26,27)25-7-9-28-10-8-25)5-6-18(17)29-19(13)21-23-20(24-30-21)14-3-2-4-15(22)11-14/h2-6,11-12H,7-10H2,1H3. The van der Waals surface area contributed by atoms with Crippen LogP contribution >= 0.6 is 11.6 Å². The molecule has 1 aliphatic heterocycles. The Morgan fingerprint density at radius 1 is 1.10 bits per heavy atom. The molecule has 3 heterocycles.